The first-order chi connectivity index (χ1) is 65.8. The Morgan fingerprint density at radius 3 is 0.993 bits per heavy atom. The summed E-state index contributed by atoms with van der Waals surface area (Å²) >= 11 is 0. The first kappa shape index (κ1) is 115. The summed E-state index contributed by atoms with van der Waals surface area (Å²) < 4.78 is 118. The number of amides is 6. The molecular weight excluding hydrogens is 1900 g/mol. The van der Waals surface area contributed by atoms with Crippen molar-refractivity contribution in [1.29, 1.82) is 0 Å². The van der Waals surface area contributed by atoms with Gasteiger partial charge in [0.05, 0.1) is 97.5 Å². The van der Waals surface area contributed by atoms with E-state index in [1.54, 1.807) is 0 Å². The van der Waals surface area contributed by atoms with Crippen molar-refractivity contribution in [2.24, 2.45) is 0 Å². The highest BCUT2D eigenvalue weighted by Gasteiger charge is 2.64. The van der Waals surface area contributed by atoms with Gasteiger partial charge in [-0.3, -0.25) is 28.8 Å². The highest BCUT2D eigenvalue weighted by molar-refractivity contribution is 5.77. The third kappa shape index (κ3) is 26.3. The molecule has 6 amide bonds. The third-order valence-electron chi connectivity index (χ3n) is 24.8. The molecule has 0 aliphatic carbocycles. The molecule has 0 radical (unpaired) electrons. The number of rotatable bonds is 42. The van der Waals surface area contributed by atoms with Gasteiger partial charge in [0, 0.05) is 41.0 Å². The summed E-state index contributed by atoms with van der Waals surface area (Å²) in [5.74, 6) is -10.4. The van der Waals surface area contributed by atoms with Crippen LogP contribution in [0.4, 0.5) is 0 Å². The number of carbonyl (C=O) groups is 7. The normalized spacial score (nSPS) is 45.6. The number of carboxylic acids is 1. The zero-order valence-corrected chi connectivity index (χ0v) is 74.7. The molecule has 0 aromatic carbocycles. The minimum atomic E-state index is -3.35. The lowest BCUT2D eigenvalue weighted by Gasteiger charge is -2.51. The van der Waals surface area contributed by atoms with Crippen molar-refractivity contribution in [2.45, 2.75) is 359 Å². The van der Waals surface area contributed by atoms with Crippen LogP contribution in [0.5, 0.6) is 0 Å². The molecule has 802 valence electrons. The molecule has 0 unspecified atom stereocenters. The van der Waals surface area contributed by atoms with Crippen LogP contribution in [0, 0.1) is 0 Å². The summed E-state index contributed by atoms with van der Waals surface area (Å²) in [6, 6.07) is -10.8. The van der Waals surface area contributed by atoms with Gasteiger partial charge in [0.15, 0.2) is 56.6 Å². The van der Waals surface area contributed by atoms with Crippen LogP contribution in [-0.2, 0) is 128 Å². The molecule has 52 atom stereocenters. The summed E-state index contributed by atoms with van der Waals surface area (Å²) in [6.45, 7) is -8.49. The van der Waals surface area contributed by atoms with Gasteiger partial charge < -0.3 is 275 Å². The SMILES string of the molecule is CC(=O)N[C@H]1[C@H](OC[C@H]2O[C@@H](O[C@H]3[C@H](O)[C@@H](NC(C)=O)[C@H](O[C@H]4[C@@H](O)[C@@H](CO)O[C@@H](O[C@H]5[C@H](O)[C@@H](O)[C@H](OC[C@@H](CO)NC=O)O[C@@H]5CO)[C@@H]4O)O[C@@H]3CO)[C@H](O)[C@@H](O[C@@H]3O[C@H](CO)[C@@H](O[C@@H]4O[C@H](CO)[C@H](O)[C@H](O[C@]5(C(=O)O)C[C@H](O)[C@@H](NC(C)=O)[C@H]([C@H](O)[C@H](O)CO)O5)[C@H]4O)[C@H](O)[C@H]3NC(C)=O)[C@H]2O)O[C@H](CO)[C@@H](O[C@@H]2O[C@H](CO)[C@H](O)[C@H](O[C@@H]3O[C@H](CO)[C@@H](O)[C@H](O)[C@H]3NC(C)=O)[C@H]2O)[C@@H]1O. The van der Waals surface area contributed by atoms with Crippen LogP contribution in [-0.4, -0.2) is 588 Å². The molecule has 10 saturated heterocycles. The number of aliphatic hydroxyl groups excluding tert-OH is 28. The van der Waals surface area contributed by atoms with Gasteiger partial charge in [0.2, 0.25) is 35.9 Å². The molecule has 0 aromatic rings. The van der Waals surface area contributed by atoms with Gasteiger partial charge >= 0.3 is 5.97 Å². The maximum atomic E-state index is 13.4. The average Bonchev–Trinajstić information content (AvgIpc) is 0.753. The lowest BCUT2D eigenvalue weighted by atomic mass is 9.88. The number of aliphatic carboxylic acids is 1. The lowest BCUT2D eigenvalue weighted by molar-refractivity contribution is -0.393. The van der Waals surface area contributed by atoms with Crippen LogP contribution in [0.25, 0.3) is 0 Å². The van der Waals surface area contributed by atoms with Crippen LogP contribution in [0.1, 0.15) is 41.0 Å². The Bertz CT molecular complexity index is 3880. The number of nitrogens with one attached hydrogen (secondary N) is 6. The quantitative estimate of drug-likeness (QED) is 0.0252. The van der Waals surface area contributed by atoms with Crippen LogP contribution in [0.2, 0.25) is 0 Å². The zero-order chi connectivity index (χ0) is 103. The summed E-state index contributed by atoms with van der Waals surface area (Å²) in [5.41, 5.74) is 0. The van der Waals surface area contributed by atoms with E-state index in [2.05, 4.69) is 31.9 Å². The van der Waals surface area contributed by atoms with Gasteiger partial charge in [-0.25, -0.2) is 4.79 Å². The van der Waals surface area contributed by atoms with Crippen molar-refractivity contribution in [3.63, 3.8) is 0 Å². The summed E-state index contributed by atoms with van der Waals surface area (Å²) in [6.07, 6.45) is -99.0. The third-order valence-corrected chi connectivity index (χ3v) is 24.8. The monoisotopic (exact) mass is 2030 g/mol. The maximum Gasteiger partial charge on any atom is 0.364 e. The van der Waals surface area contributed by atoms with E-state index >= 15 is 0 Å². The largest absolute Gasteiger partial charge is 0.477 e. The van der Waals surface area contributed by atoms with Crippen molar-refractivity contribution < 1.29 is 276 Å². The molecule has 10 rings (SSSR count). The molecular formula is C77H128N6O56. The second kappa shape index (κ2) is 51.1. The van der Waals surface area contributed by atoms with E-state index in [0.29, 0.717) is 0 Å². The molecule has 10 heterocycles. The second-order valence-electron chi connectivity index (χ2n) is 34.6. The Labute approximate surface area is 786 Å². The predicted octanol–water partition coefficient (Wildman–Crippen LogP) is -23.7. The van der Waals surface area contributed by atoms with E-state index in [-0.39, 0.29) is 6.41 Å². The average molecular weight is 2030 g/mol. The molecule has 139 heavy (non-hydrogen) atoms. The molecule has 0 bridgehead atoms. The molecule has 0 saturated carbocycles. The number of hydrogen-bond donors (Lipinski definition) is 35. The molecule has 62 nitrogen and oxygen atoms in total. The van der Waals surface area contributed by atoms with Crippen molar-refractivity contribution in [1.82, 2.24) is 31.9 Å². The Kier molecular flexibility index (Phi) is 42.4. The van der Waals surface area contributed by atoms with E-state index in [0.717, 1.165) is 34.6 Å². The van der Waals surface area contributed by atoms with Gasteiger partial charge in [-0.2, -0.15) is 0 Å². The Hall–Kier alpha value is -5.63. The predicted molar refractivity (Wildman–Crippen MR) is 429 cm³/mol. The summed E-state index contributed by atoms with van der Waals surface area (Å²) in [7, 11) is 0. The molecule has 0 aromatic heterocycles. The molecule has 10 fully saturated rings. The molecule has 10 aliphatic heterocycles. The molecule has 35 N–H and O–H groups in total. The number of aliphatic hydroxyl groups is 28. The topological polar surface area (TPSA) is 963 Å². The number of hydrogen-bond acceptors (Lipinski definition) is 55. The Morgan fingerprint density at radius 2 is 0.633 bits per heavy atom. The van der Waals surface area contributed by atoms with Crippen LogP contribution < -0.4 is 31.9 Å². The van der Waals surface area contributed by atoms with Gasteiger partial charge in [0.25, 0.3) is 5.79 Å². The number of carboxylic acid groups (broad SMARTS) is 1. The van der Waals surface area contributed by atoms with Crippen molar-refractivity contribution in [2.75, 3.05) is 79.3 Å². The van der Waals surface area contributed by atoms with Crippen molar-refractivity contribution in [3.8, 4) is 0 Å². The fourth-order valence-electron chi connectivity index (χ4n) is 17.7. The number of carbonyl (C=O) groups excluding carboxylic acids is 6. The fourth-order valence-corrected chi connectivity index (χ4v) is 17.7. The van der Waals surface area contributed by atoms with Crippen LogP contribution in [0.15, 0.2) is 0 Å². The Balaban J connectivity index is 0.953. The van der Waals surface area contributed by atoms with Gasteiger partial charge in [-0.1, -0.05) is 0 Å². The van der Waals surface area contributed by atoms with Gasteiger partial charge in [-0.15, -0.1) is 0 Å². The standard InChI is InChI=1S/C77H128N6O56/c1-20(95)79-37-26(100)6-77(76(118)119,138-62(37)42(102)27(101)8-85)139-66-46(106)31(12-89)125-75(57(66)117)133-60-34(15-92)128-70(41(51(60)111)83-24(5)99)137-65-47(107)36(18-121-67-39(81-22(3)97)49(109)58(32(13-90)126-67)131-72-54(114)63(44(104)29(10-87)123-72)135-68-38(80-21(2)96)48(108)43(103)28(9-86)122-68)130-74(56(65)116)132-59-33(14-91)127-69(40(50(59)110)82-23(4)98)136-64-45(105)30(11-88)124-73(55(64)115)134-61-35(16-93)129-71(53(113)52(61)112)120-17-25(7-84)78-19-94/h19,25-75,84-93,100-117H,6-18H2,1-5H3,(H,78,94)(H,79,95)(H,80,96)(H,81,97)(H,82,98)(H,83,99)(H,118,119)/t25-,26+,27-,28-,29-,30-,31-,32-,33-,34-,35-,36-,37-,38-,39-,40-,41-,42-,43-,44+,45+,46+,47+,48-,49-,50-,51-,52-,53-,54-,55-,56-,57-,58-,59-,60-,61-,62-,63+,64+,65+,66+,67-,68+,69+,70+,71-,72+,73+,74+,75+,77+/m1/s1. The summed E-state index contributed by atoms with van der Waals surface area (Å²) in [4.78, 5) is 89.0. The fraction of sp³-hybridized carbons (Fsp3) is 0.909. The van der Waals surface area contributed by atoms with Crippen molar-refractivity contribution in [3.05, 3.63) is 0 Å². The minimum Gasteiger partial charge on any atom is -0.477 e. The van der Waals surface area contributed by atoms with E-state index in [1.165, 1.54) is 0 Å². The highest BCUT2D eigenvalue weighted by atomic mass is 16.8. The maximum absolute atomic E-state index is 13.4. The minimum absolute atomic E-state index is 0.228. The van der Waals surface area contributed by atoms with Gasteiger partial charge in [0.1, 0.15) is 238 Å². The van der Waals surface area contributed by atoms with E-state index < -0.39 is 440 Å². The zero-order valence-electron chi connectivity index (χ0n) is 74.7. The van der Waals surface area contributed by atoms with E-state index in [1.807, 2.05) is 0 Å². The highest BCUT2D eigenvalue weighted by Crippen LogP contribution is 2.43. The first-order valence-corrected chi connectivity index (χ1v) is 44.0. The lowest BCUT2D eigenvalue weighted by Crippen LogP contribution is -2.71. The smallest absolute Gasteiger partial charge is 0.364 e. The second-order valence-corrected chi connectivity index (χ2v) is 34.6. The number of ether oxygens (including phenoxy) is 20. The van der Waals surface area contributed by atoms with Crippen molar-refractivity contribution >= 4 is 41.9 Å². The first-order valence-electron chi connectivity index (χ1n) is 44.0. The Morgan fingerprint density at radius 1 is 0.331 bits per heavy atom. The van der Waals surface area contributed by atoms with Crippen LogP contribution >= 0.6 is 0 Å². The molecule has 62 heteroatoms. The van der Waals surface area contributed by atoms with E-state index in [4.69, 9.17) is 94.7 Å². The van der Waals surface area contributed by atoms with Crippen LogP contribution in [0.3, 0.4) is 0 Å². The summed E-state index contributed by atoms with van der Waals surface area (Å²) in [5, 5.41) is 340. The molecule has 10 aliphatic rings. The van der Waals surface area contributed by atoms with Gasteiger partial charge in [-0.05, 0) is 0 Å². The molecule has 0 spiro atoms. The van der Waals surface area contributed by atoms with E-state index in [9.17, 15) is 182 Å².